The van der Waals surface area contributed by atoms with Crippen molar-refractivity contribution >= 4 is 52.3 Å². The molecule has 0 aliphatic rings. The highest BCUT2D eigenvalue weighted by Gasteiger charge is 2.17. The lowest BCUT2D eigenvalue weighted by Gasteiger charge is -2.12. The Kier molecular flexibility index (Phi) is 6.87. The average Bonchev–Trinajstić information content (AvgIpc) is 2.69. The highest BCUT2D eigenvalue weighted by Crippen LogP contribution is 2.37. The van der Waals surface area contributed by atoms with E-state index in [1.54, 1.807) is 55.5 Å². The second-order valence-corrected chi connectivity index (χ2v) is 8.32. The van der Waals surface area contributed by atoms with Crippen LogP contribution in [0, 0.1) is 17.0 Å². The standard InChI is InChI=1S/C21H16Cl2N2O4S/c1-12-3-2-4-17(20(12)21(26)27)24-11-13-5-8-19(18(9-13)25(28)29)30-14-6-7-15(22)16(23)10-14/h2-10,24H,11H2,1H3,(H,26,27). The lowest BCUT2D eigenvalue weighted by atomic mass is 10.1. The van der Waals surface area contributed by atoms with E-state index in [1.807, 2.05) is 0 Å². The Morgan fingerprint density at radius 2 is 1.90 bits per heavy atom. The molecule has 0 unspecified atom stereocenters. The van der Waals surface area contributed by atoms with E-state index in [0.29, 0.717) is 31.8 Å². The molecule has 0 bridgehead atoms. The Morgan fingerprint density at radius 1 is 1.13 bits per heavy atom. The van der Waals surface area contributed by atoms with Gasteiger partial charge in [0.2, 0.25) is 0 Å². The summed E-state index contributed by atoms with van der Waals surface area (Å²) in [7, 11) is 0. The van der Waals surface area contributed by atoms with E-state index in [0.717, 1.165) is 4.90 Å². The lowest BCUT2D eigenvalue weighted by molar-refractivity contribution is -0.387. The minimum atomic E-state index is -1.03. The Balaban J connectivity index is 1.84. The van der Waals surface area contributed by atoms with Gasteiger partial charge in [-0.1, -0.05) is 53.2 Å². The monoisotopic (exact) mass is 462 g/mol. The van der Waals surface area contributed by atoms with Gasteiger partial charge in [-0.15, -0.1) is 0 Å². The first-order valence-corrected chi connectivity index (χ1v) is 10.3. The molecule has 3 aromatic rings. The number of rotatable bonds is 7. The molecule has 0 aliphatic carbocycles. The van der Waals surface area contributed by atoms with Crippen molar-refractivity contribution in [3.8, 4) is 0 Å². The van der Waals surface area contributed by atoms with Crippen LogP contribution in [0.5, 0.6) is 0 Å². The van der Waals surface area contributed by atoms with Gasteiger partial charge >= 0.3 is 5.97 Å². The summed E-state index contributed by atoms with van der Waals surface area (Å²) in [5.41, 5.74) is 1.87. The van der Waals surface area contributed by atoms with Crippen molar-refractivity contribution in [3.05, 3.63) is 91.4 Å². The molecule has 154 valence electrons. The van der Waals surface area contributed by atoms with Gasteiger partial charge in [-0.05, 0) is 48.4 Å². The van der Waals surface area contributed by atoms with Gasteiger partial charge in [-0.25, -0.2) is 4.79 Å². The number of aryl methyl sites for hydroxylation is 1. The third-order valence-corrected chi connectivity index (χ3v) is 6.10. The van der Waals surface area contributed by atoms with Gasteiger partial charge in [-0.3, -0.25) is 10.1 Å². The molecule has 0 atom stereocenters. The number of nitrogens with one attached hydrogen (secondary N) is 1. The number of hydrogen-bond donors (Lipinski definition) is 2. The topological polar surface area (TPSA) is 92.5 Å². The first-order valence-electron chi connectivity index (χ1n) is 8.73. The summed E-state index contributed by atoms with van der Waals surface area (Å²) in [5, 5.41) is 24.9. The van der Waals surface area contributed by atoms with E-state index < -0.39 is 10.9 Å². The zero-order valence-corrected chi connectivity index (χ0v) is 18.0. The van der Waals surface area contributed by atoms with Gasteiger partial charge in [0, 0.05) is 23.2 Å². The Morgan fingerprint density at radius 3 is 2.57 bits per heavy atom. The average molecular weight is 463 g/mol. The normalized spacial score (nSPS) is 10.6. The highest BCUT2D eigenvalue weighted by atomic mass is 35.5. The maximum atomic E-state index is 11.6. The summed E-state index contributed by atoms with van der Waals surface area (Å²) in [6.07, 6.45) is 0. The number of nitrogens with zero attached hydrogens (tertiary/aromatic N) is 1. The summed E-state index contributed by atoms with van der Waals surface area (Å²) in [6.45, 7) is 1.96. The molecule has 0 aromatic heterocycles. The molecule has 3 aromatic carbocycles. The number of carboxylic acids is 1. The number of aromatic carboxylic acids is 1. The number of carboxylic acid groups (broad SMARTS) is 1. The Bertz CT molecular complexity index is 1140. The number of benzene rings is 3. The van der Waals surface area contributed by atoms with Gasteiger partial charge < -0.3 is 10.4 Å². The Labute approximate surface area is 187 Å². The minimum absolute atomic E-state index is 0.0481. The van der Waals surface area contributed by atoms with E-state index in [4.69, 9.17) is 23.2 Å². The predicted octanol–water partition coefficient (Wildman–Crippen LogP) is 6.67. The van der Waals surface area contributed by atoms with Crippen molar-refractivity contribution in [2.24, 2.45) is 0 Å². The Hall–Kier alpha value is -2.74. The summed E-state index contributed by atoms with van der Waals surface area (Å²) >= 11 is 13.2. The van der Waals surface area contributed by atoms with E-state index in [2.05, 4.69) is 5.32 Å². The third-order valence-electron chi connectivity index (χ3n) is 4.31. The molecule has 0 radical (unpaired) electrons. The SMILES string of the molecule is Cc1cccc(NCc2ccc(Sc3ccc(Cl)c(Cl)c3)c([N+](=O)[O-])c2)c1C(=O)O. The van der Waals surface area contributed by atoms with Crippen LogP contribution in [0.25, 0.3) is 0 Å². The van der Waals surface area contributed by atoms with Crippen LogP contribution in [0.1, 0.15) is 21.5 Å². The second-order valence-electron chi connectivity index (χ2n) is 6.39. The molecule has 0 aliphatic heterocycles. The van der Waals surface area contributed by atoms with Gasteiger partial charge in [0.05, 0.1) is 25.4 Å². The zero-order valence-electron chi connectivity index (χ0n) is 15.7. The maximum absolute atomic E-state index is 11.6. The number of nitro benzene ring substituents is 1. The molecule has 30 heavy (non-hydrogen) atoms. The molecule has 0 amide bonds. The fraction of sp³-hybridized carbons (Fsp3) is 0.0952. The van der Waals surface area contributed by atoms with Gasteiger partial charge in [0.1, 0.15) is 0 Å². The molecular formula is C21H16Cl2N2O4S. The largest absolute Gasteiger partial charge is 0.478 e. The molecule has 0 fully saturated rings. The molecule has 0 heterocycles. The quantitative estimate of drug-likeness (QED) is 0.300. The van der Waals surface area contributed by atoms with Crippen LogP contribution in [-0.2, 0) is 6.54 Å². The molecule has 0 spiro atoms. The predicted molar refractivity (Wildman–Crippen MR) is 119 cm³/mol. The first-order chi connectivity index (χ1) is 14.3. The zero-order chi connectivity index (χ0) is 21.8. The van der Waals surface area contributed by atoms with Gasteiger partial charge in [-0.2, -0.15) is 0 Å². The second kappa shape index (κ2) is 9.38. The van der Waals surface area contributed by atoms with E-state index in [9.17, 15) is 20.0 Å². The molecular weight excluding hydrogens is 447 g/mol. The van der Waals surface area contributed by atoms with Gasteiger partial charge in [0.15, 0.2) is 0 Å². The summed E-state index contributed by atoms with van der Waals surface area (Å²) < 4.78 is 0. The maximum Gasteiger partial charge on any atom is 0.338 e. The molecule has 6 nitrogen and oxygen atoms in total. The highest BCUT2D eigenvalue weighted by molar-refractivity contribution is 7.99. The number of halogens is 2. The van der Waals surface area contributed by atoms with Crippen LogP contribution in [0.4, 0.5) is 11.4 Å². The first kappa shape index (κ1) is 22.0. The van der Waals surface area contributed by atoms with Crippen LogP contribution >= 0.6 is 35.0 Å². The number of anilines is 1. The molecule has 0 saturated carbocycles. The lowest BCUT2D eigenvalue weighted by Crippen LogP contribution is -2.08. The van der Waals surface area contributed by atoms with Crippen LogP contribution < -0.4 is 5.32 Å². The van der Waals surface area contributed by atoms with Crippen LogP contribution in [0.3, 0.4) is 0 Å². The van der Waals surface area contributed by atoms with Crippen LogP contribution in [-0.4, -0.2) is 16.0 Å². The van der Waals surface area contributed by atoms with Crippen molar-refractivity contribution in [3.63, 3.8) is 0 Å². The molecule has 9 heteroatoms. The minimum Gasteiger partial charge on any atom is -0.478 e. The van der Waals surface area contributed by atoms with Crippen molar-refractivity contribution in [2.75, 3.05) is 5.32 Å². The molecule has 0 saturated heterocycles. The molecule has 2 N–H and O–H groups in total. The third kappa shape index (κ3) is 5.05. The van der Waals surface area contributed by atoms with Crippen LogP contribution in [0.2, 0.25) is 10.0 Å². The fourth-order valence-electron chi connectivity index (χ4n) is 2.87. The fourth-order valence-corrected chi connectivity index (χ4v) is 4.17. The van der Waals surface area contributed by atoms with Gasteiger partial charge in [0.25, 0.3) is 5.69 Å². The molecule has 3 rings (SSSR count). The van der Waals surface area contributed by atoms with Crippen molar-refractivity contribution in [1.29, 1.82) is 0 Å². The van der Waals surface area contributed by atoms with E-state index in [1.165, 1.54) is 17.8 Å². The number of nitro groups is 1. The number of hydrogen-bond acceptors (Lipinski definition) is 5. The van der Waals surface area contributed by atoms with Crippen molar-refractivity contribution < 1.29 is 14.8 Å². The summed E-state index contributed by atoms with van der Waals surface area (Å²) in [6, 6.07) is 15.1. The van der Waals surface area contributed by atoms with Crippen molar-refractivity contribution in [2.45, 2.75) is 23.3 Å². The summed E-state index contributed by atoms with van der Waals surface area (Å²) in [5.74, 6) is -1.03. The number of carbonyl (C=O) groups is 1. The smallest absolute Gasteiger partial charge is 0.338 e. The summed E-state index contributed by atoms with van der Waals surface area (Å²) in [4.78, 5) is 23.8. The van der Waals surface area contributed by atoms with Crippen molar-refractivity contribution in [1.82, 2.24) is 0 Å². The van der Waals surface area contributed by atoms with E-state index in [-0.39, 0.29) is 17.8 Å². The van der Waals surface area contributed by atoms with Crippen LogP contribution in [0.15, 0.2) is 64.4 Å². The van der Waals surface area contributed by atoms with E-state index >= 15 is 0 Å².